The van der Waals surface area contributed by atoms with Crippen LogP contribution < -0.4 is 15.5 Å². The first-order valence-electron chi connectivity index (χ1n) is 10.5. The second kappa shape index (κ2) is 9.11. The zero-order chi connectivity index (χ0) is 22.7. The number of carbonyl (C=O) groups excluding carboxylic acids is 1. The SMILES string of the molecule is Cc1c(NC(=O)c2ccc(N(C)C)cc2)cccc1-c1cc(NCCO)c2nccn2c1. The second-order valence-electron chi connectivity index (χ2n) is 7.82. The van der Waals surface area contributed by atoms with E-state index in [4.69, 9.17) is 0 Å². The fourth-order valence-corrected chi connectivity index (χ4v) is 3.69. The number of rotatable bonds is 7. The Balaban J connectivity index is 1.64. The van der Waals surface area contributed by atoms with Gasteiger partial charge in [-0.05, 0) is 54.4 Å². The number of imidazole rings is 1. The van der Waals surface area contributed by atoms with Crippen molar-refractivity contribution in [3.63, 3.8) is 0 Å². The lowest BCUT2D eigenvalue weighted by atomic mass is 10.00. The molecule has 2 aromatic carbocycles. The standard InChI is InChI=1S/C25H27N5O2/c1-17-21(19-15-23(26-12-14-31)24-27-11-13-30(24)16-19)5-4-6-22(17)28-25(32)18-7-9-20(10-8-18)29(2)3/h4-11,13,15-16,26,31H,12,14H2,1-3H3,(H,28,32). The van der Waals surface area contributed by atoms with Gasteiger partial charge in [0.15, 0.2) is 5.65 Å². The van der Waals surface area contributed by atoms with Gasteiger partial charge in [0.2, 0.25) is 0 Å². The van der Waals surface area contributed by atoms with Crippen LogP contribution in [0.25, 0.3) is 16.8 Å². The third-order valence-electron chi connectivity index (χ3n) is 5.45. The lowest BCUT2D eigenvalue weighted by Crippen LogP contribution is -2.14. The Kier molecular flexibility index (Phi) is 6.09. The van der Waals surface area contributed by atoms with E-state index in [0.29, 0.717) is 12.1 Å². The highest BCUT2D eigenvalue weighted by Gasteiger charge is 2.13. The van der Waals surface area contributed by atoms with Crippen molar-refractivity contribution in [3.8, 4) is 11.1 Å². The first-order chi connectivity index (χ1) is 15.5. The average Bonchev–Trinajstić information content (AvgIpc) is 3.27. The number of aromatic nitrogens is 2. The van der Waals surface area contributed by atoms with Crippen LogP contribution in [0, 0.1) is 6.92 Å². The van der Waals surface area contributed by atoms with Crippen LogP contribution in [0.15, 0.2) is 67.1 Å². The molecule has 0 aliphatic rings. The summed E-state index contributed by atoms with van der Waals surface area (Å²) in [6.45, 7) is 2.47. The molecule has 4 rings (SSSR count). The number of fused-ring (bicyclic) bond motifs is 1. The van der Waals surface area contributed by atoms with Crippen LogP contribution in [0.4, 0.5) is 17.1 Å². The Bertz CT molecular complexity index is 1250. The molecule has 2 heterocycles. The smallest absolute Gasteiger partial charge is 0.255 e. The summed E-state index contributed by atoms with van der Waals surface area (Å²) in [5.41, 5.74) is 7.02. The fourth-order valence-electron chi connectivity index (χ4n) is 3.69. The fraction of sp³-hybridized carbons (Fsp3) is 0.200. The Hall–Kier alpha value is -3.84. The number of carbonyl (C=O) groups is 1. The predicted molar refractivity (Wildman–Crippen MR) is 130 cm³/mol. The highest BCUT2D eigenvalue weighted by atomic mass is 16.3. The molecule has 0 saturated carbocycles. The Morgan fingerprint density at radius 3 is 2.62 bits per heavy atom. The van der Waals surface area contributed by atoms with E-state index in [1.165, 1.54) is 0 Å². The molecule has 0 aliphatic heterocycles. The highest BCUT2D eigenvalue weighted by molar-refractivity contribution is 6.05. The normalized spacial score (nSPS) is 10.9. The first-order valence-corrected chi connectivity index (χ1v) is 10.5. The van der Waals surface area contributed by atoms with Crippen LogP contribution in [0.5, 0.6) is 0 Å². The minimum Gasteiger partial charge on any atom is -0.395 e. The van der Waals surface area contributed by atoms with E-state index in [-0.39, 0.29) is 12.5 Å². The average molecular weight is 430 g/mol. The minimum absolute atomic E-state index is 0.0349. The number of aliphatic hydroxyl groups excluding tert-OH is 1. The van der Waals surface area contributed by atoms with Crippen molar-refractivity contribution >= 4 is 28.6 Å². The molecule has 32 heavy (non-hydrogen) atoms. The number of hydrogen-bond acceptors (Lipinski definition) is 5. The number of anilines is 3. The van der Waals surface area contributed by atoms with Crippen LogP contribution >= 0.6 is 0 Å². The van der Waals surface area contributed by atoms with Gasteiger partial charge in [-0.3, -0.25) is 4.79 Å². The zero-order valence-electron chi connectivity index (χ0n) is 18.5. The minimum atomic E-state index is -0.147. The summed E-state index contributed by atoms with van der Waals surface area (Å²) in [5.74, 6) is -0.147. The molecule has 7 nitrogen and oxygen atoms in total. The Morgan fingerprint density at radius 1 is 1.12 bits per heavy atom. The maximum absolute atomic E-state index is 12.8. The molecule has 7 heteroatoms. The molecule has 3 N–H and O–H groups in total. The van der Waals surface area contributed by atoms with Gasteiger partial charge in [-0.2, -0.15) is 0 Å². The molecule has 0 radical (unpaired) electrons. The largest absolute Gasteiger partial charge is 0.395 e. The molecule has 0 saturated heterocycles. The van der Waals surface area contributed by atoms with Crippen LogP contribution in [0.1, 0.15) is 15.9 Å². The molecule has 164 valence electrons. The van der Waals surface area contributed by atoms with Crippen molar-refractivity contribution in [1.82, 2.24) is 9.38 Å². The van der Waals surface area contributed by atoms with Gasteiger partial charge in [0, 0.05) is 61.7 Å². The van der Waals surface area contributed by atoms with E-state index in [0.717, 1.165) is 39.4 Å². The third kappa shape index (κ3) is 4.29. The molecule has 2 aromatic heterocycles. The van der Waals surface area contributed by atoms with Gasteiger partial charge in [-0.1, -0.05) is 12.1 Å². The number of nitrogens with one attached hydrogen (secondary N) is 2. The van der Waals surface area contributed by atoms with Gasteiger partial charge in [0.05, 0.1) is 12.3 Å². The van der Waals surface area contributed by atoms with E-state index in [2.05, 4.69) is 15.6 Å². The van der Waals surface area contributed by atoms with Gasteiger partial charge in [-0.25, -0.2) is 4.98 Å². The molecule has 0 aliphatic carbocycles. The van der Waals surface area contributed by atoms with Gasteiger partial charge >= 0.3 is 0 Å². The van der Waals surface area contributed by atoms with E-state index >= 15 is 0 Å². The maximum Gasteiger partial charge on any atom is 0.255 e. The lowest BCUT2D eigenvalue weighted by Gasteiger charge is -2.15. The van der Waals surface area contributed by atoms with Crippen molar-refractivity contribution in [2.45, 2.75) is 6.92 Å². The van der Waals surface area contributed by atoms with Gasteiger partial charge < -0.3 is 25.0 Å². The number of pyridine rings is 1. The third-order valence-corrected chi connectivity index (χ3v) is 5.45. The van der Waals surface area contributed by atoms with Gasteiger partial charge in [-0.15, -0.1) is 0 Å². The summed E-state index contributed by atoms with van der Waals surface area (Å²) in [6, 6.07) is 15.4. The Labute approximate surface area is 187 Å². The molecule has 0 unspecified atom stereocenters. The van der Waals surface area contributed by atoms with Crippen LogP contribution in [-0.4, -0.2) is 47.6 Å². The summed E-state index contributed by atoms with van der Waals surface area (Å²) in [5, 5.41) is 15.5. The number of nitrogens with zero attached hydrogens (tertiary/aromatic N) is 3. The number of benzene rings is 2. The van der Waals surface area contributed by atoms with Crippen molar-refractivity contribution in [2.75, 3.05) is 42.8 Å². The van der Waals surface area contributed by atoms with Gasteiger partial charge in [0.25, 0.3) is 5.91 Å². The second-order valence-corrected chi connectivity index (χ2v) is 7.82. The summed E-state index contributed by atoms with van der Waals surface area (Å²) in [7, 11) is 3.94. The monoisotopic (exact) mass is 429 g/mol. The first kappa shape index (κ1) is 21.4. The van der Waals surface area contributed by atoms with E-state index in [1.807, 2.05) is 91.2 Å². The number of aliphatic hydroxyl groups is 1. The molecule has 0 spiro atoms. The van der Waals surface area contributed by atoms with Crippen molar-refractivity contribution < 1.29 is 9.90 Å². The highest BCUT2D eigenvalue weighted by Crippen LogP contribution is 2.31. The molecule has 4 aromatic rings. The summed E-state index contributed by atoms with van der Waals surface area (Å²) >= 11 is 0. The van der Waals surface area contributed by atoms with Crippen LogP contribution in [0.3, 0.4) is 0 Å². The molecule has 0 atom stereocenters. The zero-order valence-corrected chi connectivity index (χ0v) is 18.5. The topological polar surface area (TPSA) is 81.9 Å². The predicted octanol–water partition coefficient (Wildman–Crippen LogP) is 4.03. The van der Waals surface area contributed by atoms with Crippen LogP contribution in [0.2, 0.25) is 0 Å². The van der Waals surface area contributed by atoms with Gasteiger partial charge in [0.1, 0.15) is 0 Å². The molecular formula is C25H27N5O2. The summed E-state index contributed by atoms with van der Waals surface area (Å²) in [6.07, 6.45) is 5.65. The lowest BCUT2D eigenvalue weighted by molar-refractivity contribution is 0.102. The van der Waals surface area contributed by atoms with Crippen LogP contribution in [-0.2, 0) is 0 Å². The number of amides is 1. The van der Waals surface area contributed by atoms with E-state index in [9.17, 15) is 9.90 Å². The van der Waals surface area contributed by atoms with E-state index in [1.54, 1.807) is 6.20 Å². The number of hydrogen-bond donors (Lipinski definition) is 3. The Morgan fingerprint density at radius 2 is 1.91 bits per heavy atom. The summed E-state index contributed by atoms with van der Waals surface area (Å²) < 4.78 is 1.95. The molecular weight excluding hydrogens is 402 g/mol. The molecule has 0 fully saturated rings. The maximum atomic E-state index is 12.8. The van der Waals surface area contributed by atoms with Crippen molar-refractivity contribution in [1.29, 1.82) is 0 Å². The quantitative estimate of drug-likeness (QED) is 0.413. The molecule has 0 bridgehead atoms. The van der Waals surface area contributed by atoms with E-state index < -0.39 is 0 Å². The molecule has 1 amide bonds. The summed E-state index contributed by atoms with van der Waals surface area (Å²) in [4.78, 5) is 19.2. The van der Waals surface area contributed by atoms with Crippen molar-refractivity contribution in [3.05, 3.63) is 78.2 Å². The van der Waals surface area contributed by atoms with Crippen molar-refractivity contribution in [2.24, 2.45) is 0 Å².